The van der Waals surface area contributed by atoms with Crippen LogP contribution in [0, 0.1) is 6.92 Å². The van der Waals surface area contributed by atoms with Crippen molar-refractivity contribution in [3.63, 3.8) is 0 Å². The lowest BCUT2D eigenvalue weighted by Crippen LogP contribution is -2.33. The van der Waals surface area contributed by atoms with Crippen molar-refractivity contribution in [3.8, 4) is 0 Å². The van der Waals surface area contributed by atoms with E-state index in [2.05, 4.69) is 41.5 Å². The summed E-state index contributed by atoms with van der Waals surface area (Å²) >= 11 is 1.94. The number of carbonyl (C=O) groups excluding carboxylic acids is 1. The minimum atomic E-state index is -0.0147. The van der Waals surface area contributed by atoms with E-state index >= 15 is 0 Å². The third-order valence-electron chi connectivity index (χ3n) is 3.99. The number of hydrogen-bond donors (Lipinski definition) is 0. The molecule has 2 aromatic rings. The van der Waals surface area contributed by atoms with Gasteiger partial charge in [-0.2, -0.15) is 11.8 Å². The van der Waals surface area contributed by atoms with Crippen LogP contribution in [0.4, 0.5) is 0 Å². The highest BCUT2D eigenvalue weighted by atomic mass is 32.2. The zero-order chi connectivity index (χ0) is 15.5. The van der Waals surface area contributed by atoms with Gasteiger partial charge in [0.15, 0.2) is 5.69 Å². The van der Waals surface area contributed by atoms with Crippen LogP contribution in [0.15, 0.2) is 30.5 Å². The molecule has 6 heteroatoms. The highest BCUT2D eigenvalue weighted by molar-refractivity contribution is 7.99. The third-order valence-corrected chi connectivity index (χ3v) is 5.30. The number of benzene rings is 1. The summed E-state index contributed by atoms with van der Waals surface area (Å²) in [6.45, 7) is 3.69. The monoisotopic (exact) mass is 316 g/mol. The van der Waals surface area contributed by atoms with Gasteiger partial charge < -0.3 is 4.90 Å². The molecule has 0 aliphatic carbocycles. The van der Waals surface area contributed by atoms with Crippen molar-refractivity contribution in [1.29, 1.82) is 0 Å². The van der Waals surface area contributed by atoms with Crippen molar-refractivity contribution in [1.82, 2.24) is 19.9 Å². The largest absolute Gasteiger partial charge is 0.336 e. The van der Waals surface area contributed by atoms with E-state index in [9.17, 15) is 4.79 Å². The van der Waals surface area contributed by atoms with Crippen LogP contribution in [0.2, 0.25) is 0 Å². The molecule has 0 radical (unpaired) electrons. The molecule has 1 saturated heterocycles. The molecule has 116 valence electrons. The van der Waals surface area contributed by atoms with Crippen LogP contribution in [-0.4, -0.2) is 44.6 Å². The minimum absolute atomic E-state index is 0.0147. The molecule has 1 amide bonds. The van der Waals surface area contributed by atoms with E-state index < -0.39 is 0 Å². The summed E-state index contributed by atoms with van der Waals surface area (Å²) in [5.41, 5.74) is 3.15. The summed E-state index contributed by atoms with van der Waals surface area (Å²) < 4.78 is 1.57. The van der Waals surface area contributed by atoms with Crippen molar-refractivity contribution >= 4 is 17.7 Å². The van der Waals surface area contributed by atoms with Crippen molar-refractivity contribution in [3.05, 3.63) is 47.3 Å². The average Bonchev–Trinajstić information content (AvgIpc) is 2.81. The van der Waals surface area contributed by atoms with Crippen molar-refractivity contribution in [2.24, 2.45) is 7.05 Å². The summed E-state index contributed by atoms with van der Waals surface area (Å²) in [6, 6.07) is 8.52. The first kappa shape index (κ1) is 15.1. The molecule has 0 spiro atoms. The van der Waals surface area contributed by atoms with E-state index in [0.717, 1.165) is 25.3 Å². The van der Waals surface area contributed by atoms with Crippen LogP contribution in [0.25, 0.3) is 0 Å². The van der Waals surface area contributed by atoms with Gasteiger partial charge in [-0.3, -0.25) is 9.48 Å². The Hall–Kier alpha value is -1.82. The fraction of sp³-hybridized carbons (Fsp3) is 0.438. The molecule has 5 nitrogen and oxygen atoms in total. The lowest BCUT2D eigenvalue weighted by atomic mass is 10.0. The summed E-state index contributed by atoms with van der Waals surface area (Å²) in [4.78, 5) is 14.4. The smallest absolute Gasteiger partial charge is 0.276 e. The average molecular weight is 316 g/mol. The van der Waals surface area contributed by atoms with Crippen molar-refractivity contribution in [2.45, 2.75) is 18.6 Å². The van der Waals surface area contributed by atoms with Gasteiger partial charge in [0.2, 0.25) is 0 Å². The number of hydrogen-bond acceptors (Lipinski definition) is 4. The molecule has 1 aromatic carbocycles. The second-order valence-electron chi connectivity index (χ2n) is 5.57. The van der Waals surface area contributed by atoms with Crippen LogP contribution >= 0.6 is 11.8 Å². The van der Waals surface area contributed by atoms with Crippen LogP contribution < -0.4 is 0 Å². The second kappa shape index (κ2) is 6.52. The van der Waals surface area contributed by atoms with Crippen LogP contribution in [-0.2, 0) is 7.05 Å². The first-order valence-corrected chi connectivity index (χ1v) is 8.53. The Morgan fingerprint density at radius 3 is 2.86 bits per heavy atom. The molecule has 2 heterocycles. The van der Waals surface area contributed by atoms with Gasteiger partial charge in [-0.1, -0.05) is 29.5 Å². The fourth-order valence-corrected chi connectivity index (χ4v) is 4.10. The number of carbonyl (C=O) groups is 1. The Morgan fingerprint density at radius 2 is 2.14 bits per heavy atom. The van der Waals surface area contributed by atoms with Crippen LogP contribution in [0.3, 0.4) is 0 Å². The SMILES string of the molecule is Cc1ccccc1[C@H]1CCN(C(=O)c2cn(C)nn2)CCS1. The molecule has 1 aromatic heterocycles. The molecular weight excluding hydrogens is 296 g/mol. The lowest BCUT2D eigenvalue weighted by molar-refractivity contribution is 0.0760. The van der Waals surface area contributed by atoms with E-state index in [4.69, 9.17) is 0 Å². The van der Waals surface area contributed by atoms with E-state index in [0.29, 0.717) is 10.9 Å². The Labute approximate surface area is 134 Å². The van der Waals surface area contributed by atoms with Gasteiger partial charge in [0.05, 0.1) is 6.20 Å². The van der Waals surface area contributed by atoms with E-state index in [1.54, 1.807) is 17.9 Å². The topological polar surface area (TPSA) is 51.0 Å². The molecule has 0 N–H and O–H groups in total. The zero-order valence-electron chi connectivity index (χ0n) is 12.9. The quantitative estimate of drug-likeness (QED) is 0.854. The summed E-state index contributed by atoms with van der Waals surface area (Å²) in [7, 11) is 1.77. The number of nitrogens with zero attached hydrogens (tertiary/aromatic N) is 4. The number of thioether (sulfide) groups is 1. The van der Waals surface area contributed by atoms with Gasteiger partial charge in [-0.15, -0.1) is 5.10 Å². The van der Waals surface area contributed by atoms with Gasteiger partial charge in [-0.05, 0) is 24.5 Å². The standard InChI is InChI=1S/C16H20N4OS/c1-12-5-3-4-6-13(12)15-7-8-20(9-10-22-15)16(21)14-11-19(2)18-17-14/h3-6,11,15H,7-10H2,1-2H3/t15-/m1/s1. The molecule has 1 fully saturated rings. The highest BCUT2D eigenvalue weighted by Gasteiger charge is 2.24. The van der Waals surface area contributed by atoms with Gasteiger partial charge in [0.1, 0.15) is 0 Å². The molecule has 3 rings (SSSR count). The minimum Gasteiger partial charge on any atom is -0.336 e. The van der Waals surface area contributed by atoms with Crippen molar-refractivity contribution in [2.75, 3.05) is 18.8 Å². The Bertz CT molecular complexity index is 670. The van der Waals surface area contributed by atoms with Gasteiger partial charge in [0.25, 0.3) is 5.91 Å². The summed E-state index contributed by atoms with van der Waals surface area (Å²) in [6.07, 6.45) is 2.65. The van der Waals surface area contributed by atoms with E-state index in [1.165, 1.54) is 11.1 Å². The highest BCUT2D eigenvalue weighted by Crippen LogP contribution is 2.36. The normalized spacial score (nSPS) is 19.0. The lowest BCUT2D eigenvalue weighted by Gasteiger charge is -2.19. The second-order valence-corrected chi connectivity index (χ2v) is 6.88. The molecule has 22 heavy (non-hydrogen) atoms. The predicted octanol–water partition coefficient (Wildman–Crippen LogP) is 2.44. The molecule has 1 aliphatic heterocycles. The maximum absolute atomic E-state index is 12.5. The number of aromatic nitrogens is 3. The van der Waals surface area contributed by atoms with E-state index in [-0.39, 0.29) is 5.91 Å². The molecule has 0 bridgehead atoms. The predicted molar refractivity (Wildman–Crippen MR) is 87.9 cm³/mol. The zero-order valence-corrected chi connectivity index (χ0v) is 13.7. The summed E-state index contributed by atoms with van der Waals surface area (Å²) in [5, 5.41) is 8.23. The maximum Gasteiger partial charge on any atom is 0.276 e. The molecule has 0 saturated carbocycles. The molecule has 1 aliphatic rings. The Kier molecular flexibility index (Phi) is 4.47. The van der Waals surface area contributed by atoms with Gasteiger partial charge in [0, 0.05) is 31.1 Å². The van der Waals surface area contributed by atoms with Gasteiger partial charge >= 0.3 is 0 Å². The molecule has 1 atom stereocenters. The van der Waals surface area contributed by atoms with Crippen molar-refractivity contribution < 1.29 is 4.79 Å². The summed E-state index contributed by atoms with van der Waals surface area (Å²) in [5.74, 6) is 0.935. The van der Waals surface area contributed by atoms with Gasteiger partial charge in [-0.25, -0.2) is 0 Å². The first-order chi connectivity index (χ1) is 10.6. The number of aryl methyl sites for hydroxylation is 2. The fourth-order valence-electron chi connectivity index (χ4n) is 2.78. The first-order valence-electron chi connectivity index (χ1n) is 7.48. The van der Waals surface area contributed by atoms with E-state index in [1.807, 2.05) is 16.7 Å². The molecule has 0 unspecified atom stereocenters. The third kappa shape index (κ3) is 3.16. The van der Waals surface area contributed by atoms with Crippen LogP contribution in [0.5, 0.6) is 0 Å². The molecular formula is C16H20N4OS. The number of amides is 1. The maximum atomic E-state index is 12.5. The van der Waals surface area contributed by atoms with Crippen LogP contribution in [0.1, 0.15) is 33.3 Å². The number of rotatable bonds is 2. The Morgan fingerprint density at radius 1 is 1.32 bits per heavy atom. The Balaban J connectivity index is 1.70.